The van der Waals surface area contributed by atoms with Crippen molar-refractivity contribution < 1.29 is 13.2 Å². The van der Waals surface area contributed by atoms with E-state index < -0.39 is 11.7 Å². The molecule has 0 aliphatic carbocycles. The Morgan fingerprint density at radius 3 is 2.60 bits per heavy atom. The van der Waals surface area contributed by atoms with E-state index in [9.17, 15) is 13.2 Å². The van der Waals surface area contributed by atoms with Crippen molar-refractivity contribution in [3.63, 3.8) is 0 Å². The minimum atomic E-state index is -4.34. The molecule has 2 saturated heterocycles. The lowest BCUT2D eigenvalue weighted by atomic mass is 10.2. The largest absolute Gasteiger partial charge is 0.419 e. The third-order valence-corrected chi connectivity index (χ3v) is 4.21. The second-order valence-electron chi connectivity index (χ2n) is 5.50. The highest BCUT2D eigenvalue weighted by Crippen LogP contribution is 2.36. The van der Waals surface area contributed by atoms with E-state index in [1.807, 2.05) is 0 Å². The van der Waals surface area contributed by atoms with Crippen molar-refractivity contribution in [2.75, 3.05) is 31.1 Å². The predicted molar refractivity (Wildman–Crippen MR) is 70.7 cm³/mol. The topological polar surface area (TPSA) is 19.4 Å². The van der Waals surface area contributed by atoms with Crippen molar-refractivity contribution >= 4 is 5.82 Å². The Morgan fingerprint density at radius 2 is 1.90 bits per heavy atom. The first-order chi connectivity index (χ1) is 9.55. The standard InChI is InChI=1S/C14H18F3N3/c15-14(16,17)12-4-3-6-18-13(12)20-9-5-11(10-20)19-7-1-2-8-19/h3-4,6,11H,1-2,5,7-10H2. The normalized spacial score (nSPS) is 24.6. The molecule has 6 heteroatoms. The van der Waals surface area contributed by atoms with E-state index in [2.05, 4.69) is 9.88 Å². The van der Waals surface area contributed by atoms with E-state index in [0.29, 0.717) is 19.1 Å². The van der Waals surface area contributed by atoms with Crippen LogP contribution in [-0.2, 0) is 6.18 Å². The molecule has 0 radical (unpaired) electrons. The summed E-state index contributed by atoms with van der Waals surface area (Å²) in [6.07, 6.45) is 0.429. The molecule has 3 heterocycles. The van der Waals surface area contributed by atoms with Crippen LogP contribution in [0.1, 0.15) is 24.8 Å². The number of hydrogen-bond donors (Lipinski definition) is 0. The first kappa shape index (κ1) is 13.7. The highest BCUT2D eigenvalue weighted by Gasteiger charge is 2.38. The van der Waals surface area contributed by atoms with Crippen LogP contribution in [0.15, 0.2) is 18.3 Å². The molecule has 1 aromatic rings. The zero-order chi connectivity index (χ0) is 14.2. The summed E-state index contributed by atoms with van der Waals surface area (Å²) in [5, 5.41) is 0. The molecule has 2 aliphatic rings. The Hall–Kier alpha value is -1.30. The van der Waals surface area contributed by atoms with Gasteiger partial charge < -0.3 is 4.90 Å². The highest BCUT2D eigenvalue weighted by atomic mass is 19.4. The van der Waals surface area contributed by atoms with Gasteiger partial charge in [0.05, 0.1) is 5.56 Å². The third-order valence-electron chi connectivity index (χ3n) is 4.21. The molecule has 0 spiro atoms. The van der Waals surface area contributed by atoms with E-state index >= 15 is 0 Å². The minimum absolute atomic E-state index is 0.0849. The Kier molecular flexibility index (Phi) is 3.58. The Morgan fingerprint density at radius 1 is 1.15 bits per heavy atom. The van der Waals surface area contributed by atoms with Gasteiger partial charge in [-0.25, -0.2) is 4.98 Å². The Labute approximate surface area is 116 Å². The number of hydrogen-bond acceptors (Lipinski definition) is 3. The number of nitrogens with zero attached hydrogens (tertiary/aromatic N) is 3. The summed E-state index contributed by atoms with van der Waals surface area (Å²) in [6.45, 7) is 3.46. The third kappa shape index (κ3) is 2.61. The molecule has 2 fully saturated rings. The van der Waals surface area contributed by atoms with Crippen LogP contribution in [0.3, 0.4) is 0 Å². The van der Waals surface area contributed by atoms with Crippen molar-refractivity contribution in [1.29, 1.82) is 0 Å². The molecule has 3 nitrogen and oxygen atoms in total. The van der Waals surface area contributed by atoms with Gasteiger partial charge in [-0.1, -0.05) is 0 Å². The molecular weight excluding hydrogens is 267 g/mol. The van der Waals surface area contributed by atoms with Crippen molar-refractivity contribution in [1.82, 2.24) is 9.88 Å². The van der Waals surface area contributed by atoms with Crippen LogP contribution >= 0.6 is 0 Å². The number of pyridine rings is 1. The molecule has 3 rings (SSSR count). The molecule has 0 bridgehead atoms. The number of rotatable bonds is 2. The first-order valence-electron chi connectivity index (χ1n) is 7.07. The van der Waals surface area contributed by atoms with Crippen molar-refractivity contribution in [3.05, 3.63) is 23.9 Å². The van der Waals surface area contributed by atoms with Crippen molar-refractivity contribution in [2.45, 2.75) is 31.5 Å². The van der Waals surface area contributed by atoms with Crippen LogP contribution in [0.2, 0.25) is 0 Å². The highest BCUT2D eigenvalue weighted by molar-refractivity contribution is 5.49. The fourth-order valence-electron chi connectivity index (χ4n) is 3.21. The number of anilines is 1. The maximum absolute atomic E-state index is 13.0. The monoisotopic (exact) mass is 285 g/mol. The molecule has 1 atom stereocenters. The van der Waals surface area contributed by atoms with Crippen LogP contribution in [0, 0.1) is 0 Å². The Bertz CT molecular complexity index is 469. The van der Waals surface area contributed by atoms with Crippen LogP contribution < -0.4 is 4.90 Å². The molecular formula is C14H18F3N3. The van der Waals surface area contributed by atoms with E-state index in [1.165, 1.54) is 25.1 Å². The summed E-state index contributed by atoms with van der Waals surface area (Å²) >= 11 is 0. The lowest BCUT2D eigenvalue weighted by Crippen LogP contribution is -2.35. The van der Waals surface area contributed by atoms with Gasteiger partial charge in [0, 0.05) is 25.3 Å². The number of likely N-dealkylation sites (tertiary alicyclic amines) is 1. The van der Waals surface area contributed by atoms with Gasteiger partial charge in [-0.2, -0.15) is 13.2 Å². The number of halogens is 3. The molecule has 0 aromatic carbocycles. The SMILES string of the molecule is FC(F)(F)c1cccnc1N1CCC(N2CCCC2)C1. The van der Waals surface area contributed by atoms with Gasteiger partial charge in [0.1, 0.15) is 5.82 Å². The molecule has 0 N–H and O–H groups in total. The van der Waals surface area contributed by atoms with Gasteiger partial charge in [-0.15, -0.1) is 0 Å². The average Bonchev–Trinajstić information content (AvgIpc) is 3.09. The van der Waals surface area contributed by atoms with Gasteiger partial charge in [0.15, 0.2) is 0 Å². The smallest absolute Gasteiger partial charge is 0.354 e. The van der Waals surface area contributed by atoms with Gasteiger partial charge in [-0.3, -0.25) is 4.90 Å². The lowest BCUT2D eigenvalue weighted by molar-refractivity contribution is -0.137. The van der Waals surface area contributed by atoms with E-state index in [0.717, 1.165) is 25.6 Å². The predicted octanol–water partition coefficient (Wildman–Crippen LogP) is 2.77. The maximum atomic E-state index is 13.0. The van der Waals surface area contributed by atoms with Gasteiger partial charge >= 0.3 is 6.18 Å². The fraction of sp³-hybridized carbons (Fsp3) is 0.643. The molecule has 0 amide bonds. The van der Waals surface area contributed by atoms with Gasteiger partial charge in [0.2, 0.25) is 0 Å². The maximum Gasteiger partial charge on any atom is 0.419 e. The summed E-state index contributed by atoms with van der Waals surface area (Å²) in [7, 11) is 0. The molecule has 2 aliphatic heterocycles. The molecule has 1 aromatic heterocycles. The number of alkyl halides is 3. The second-order valence-corrected chi connectivity index (χ2v) is 5.50. The van der Waals surface area contributed by atoms with E-state index in [-0.39, 0.29) is 5.82 Å². The van der Waals surface area contributed by atoms with Gasteiger partial charge in [0.25, 0.3) is 0 Å². The Balaban J connectivity index is 1.77. The first-order valence-corrected chi connectivity index (χ1v) is 7.07. The van der Waals surface area contributed by atoms with Crippen LogP contribution in [0.5, 0.6) is 0 Å². The molecule has 0 saturated carbocycles. The molecule has 20 heavy (non-hydrogen) atoms. The van der Waals surface area contributed by atoms with Crippen molar-refractivity contribution in [3.8, 4) is 0 Å². The minimum Gasteiger partial charge on any atom is -0.354 e. The summed E-state index contributed by atoms with van der Waals surface area (Å²) in [5.74, 6) is 0.0849. The molecule has 110 valence electrons. The average molecular weight is 285 g/mol. The zero-order valence-electron chi connectivity index (χ0n) is 11.2. The van der Waals surface area contributed by atoms with Crippen LogP contribution in [0.25, 0.3) is 0 Å². The van der Waals surface area contributed by atoms with Crippen LogP contribution in [-0.4, -0.2) is 42.1 Å². The van der Waals surface area contributed by atoms with Crippen molar-refractivity contribution in [2.24, 2.45) is 0 Å². The summed E-state index contributed by atoms with van der Waals surface area (Å²) in [4.78, 5) is 8.16. The molecule has 1 unspecified atom stereocenters. The quantitative estimate of drug-likeness (QED) is 0.833. The van der Waals surface area contributed by atoms with E-state index in [1.54, 1.807) is 4.90 Å². The number of aromatic nitrogens is 1. The second kappa shape index (κ2) is 5.24. The van der Waals surface area contributed by atoms with E-state index in [4.69, 9.17) is 0 Å². The summed E-state index contributed by atoms with van der Waals surface area (Å²) < 4.78 is 39.1. The summed E-state index contributed by atoms with van der Waals surface area (Å²) in [6, 6.07) is 2.84. The van der Waals surface area contributed by atoms with Gasteiger partial charge in [-0.05, 0) is 44.5 Å². The van der Waals surface area contributed by atoms with Crippen LogP contribution in [0.4, 0.5) is 19.0 Å². The summed E-state index contributed by atoms with van der Waals surface area (Å²) in [5.41, 5.74) is -0.623. The zero-order valence-corrected chi connectivity index (χ0v) is 11.2. The fourth-order valence-corrected chi connectivity index (χ4v) is 3.21. The lowest BCUT2D eigenvalue weighted by Gasteiger charge is -2.25.